The van der Waals surface area contributed by atoms with Gasteiger partial charge in [-0.05, 0) is 12.1 Å². The highest BCUT2D eigenvalue weighted by atomic mass is 16.5. The lowest BCUT2D eigenvalue weighted by Crippen LogP contribution is -2.15. The minimum absolute atomic E-state index is 0.578. The third-order valence-corrected chi connectivity index (χ3v) is 3.67. The number of hydrogen-bond donors (Lipinski definition) is 1. The van der Waals surface area contributed by atoms with Crippen LogP contribution in [0.2, 0.25) is 0 Å². The number of methoxy groups -OCH3 is 2. The second-order valence-corrected chi connectivity index (χ2v) is 4.66. The molecule has 1 aliphatic heterocycles. The van der Waals surface area contributed by atoms with Crippen molar-refractivity contribution in [1.82, 2.24) is 4.98 Å². The molecule has 0 atom stereocenters. The van der Waals surface area contributed by atoms with Crippen molar-refractivity contribution in [2.24, 2.45) is 0 Å². The van der Waals surface area contributed by atoms with Crippen molar-refractivity contribution in [3.8, 4) is 11.5 Å². The van der Waals surface area contributed by atoms with Crippen molar-refractivity contribution in [2.75, 3.05) is 33.2 Å². The van der Waals surface area contributed by atoms with Crippen LogP contribution in [-0.4, -0.2) is 32.9 Å². The van der Waals surface area contributed by atoms with Gasteiger partial charge in [0.15, 0.2) is 0 Å². The Balaban J connectivity index is 2.41. The Morgan fingerprint density at radius 2 is 1.95 bits per heavy atom. The molecule has 3 rings (SSSR count). The van der Waals surface area contributed by atoms with Crippen LogP contribution in [-0.2, 0) is 17.8 Å². The third kappa shape index (κ3) is 1.86. The Kier molecular flexibility index (Phi) is 3.36. The number of ether oxygens (including phenoxy) is 3. The van der Waals surface area contributed by atoms with Gasteiger partial charge in [0, 0.05) is 19.0 Å². The van der Waals surface area contributed by atoms with Crippen molar-refractivity contribution in [3.63, 3.8) is 0 Å². The number of pyridine rings is 1. The third-order valence-electron chi connectivity index (χ3n) is 3.67. The summed E-state index contributed by atoms with van der Waals surface area (Å²) in [5.74, 6) is 1.54. The minimum atomic E-state index is 0.578. The predicted octanol–water partition coefficient (Wildman–Crippen LogP) is 2.37. The Labute approximate surface area is 117 Å². The van der Waals surface area contributed by atoms with E-state index in [-0.39, 0.29) is 0 Å². The number of hydrogen-bond acceptors (Lipinski definition) is 5. The number of nitrogens with one attached hydrogen (secondary N) is 1. The van der Waals surface area contributed by atoms with E-state index in [4.69, 9.17) is 19.2 Å². The van der Waals surface area contributed by atoms with Crippen molar-refractivity contribution >= 4 is 16.6 Å². The molecule has 2 aromatic rings. The molecule has 0 bridgehead atoms. The molecule has 1 aromatic heterocycles. The van der Waals surface area contributed by atoms with E-state index in [1.807, 2.05) is 19.2 Å². The van der Waals surface area contributed by atoms with Crippen LogP contribution in [0.5, 0.6) is 11.5 Å². The largest absolute Gasteiger partial charge is 0.496 e. The van der Waals surface area contributed by atoms with Crippen molar-refractivity contribution in [2.45, 2.75) is 13.0 Å². The Bertz CT molecular complexity index is 655. The van der Waals surface area contributed by atoms with Crippen molar-refractivity contribution < 1.29 is 14.2 Å². The normalized spacial score (nSPS) is 13.9. The summed E-state index contributed by atoms with van der Waals surface area (Å²) in [6, 6.07) is 3.79. The van der Waals surface area contributed by atoms with Gasteiger partial charge in [-0.1, -0.05) is 0 Å². The van der Waals surface area contributed by atoms with E-state index in [2.05, 4.69) is 5.32 Å². The number of anilines is 1. The first kappa shape index (κ1) is 13.0. The lowest BCUT2D eigenvalue weighted by molar-refractivity contribution is 0.110. The van der Waals surface area contributed by atoms with Crippen LogP contribution in [0.25, 0.3) is 10.9 Å². The van der Waals surface area contributed by atoms with Crippen LogP contribution in [0.4, 0.5) is 5.69 Å². The second kappa shape index (κ2) is 5.17. The second-order valence-electron chi connectivity index (χ2n) is 4.66. The molecule has 0 saturated carbocycles. The van der Waals surface area contributed by atoms with Crippen molar-refractivity contribution in [1.29, 1.82) is 0 Å². The van der Waals surface area contributed by atoms with Gasteiger partial charge < -0.3 is 19.5 Å². The van der Waals surface area contributed by atoms with Crippen molar-refractivity contribution in [3.05, 3.63) is 23.4 Å². The van der Waals surface area contributed by atoms with Gasteiger partial charge in [0.25, 0.3) is 0 Å². The fraction of sp³-hybridized carbons (Fsp3) is 0.400. The first-order valence-corrected chi connectivity index (χ1v) is 6.62. The number of fused-ring (bicyclic) bond motifs is 2. The van der Waals surface area contributed by atoms with Crippen LogP contribution >= 0.6 is 0 Å². The summed E-state index contributed by atoms with van der Waals surface area (Å²) in [4.78, 5) is 4.78. The van der Waals surface area contributed by atoms with E-state index in [9.17, 15) is 0 Å². The molecule has 20 heavy (non-hydrogen) atoms. The van der Waals surface area contributed by atoms with Gasteiger partial charge in [0.1, 0.15) is 17.0 Å². The van der Waals surface area contributed by atoms with Gasteiger partial charge in [0.05, 0.1) is 44.2 Å². The molecule has 0 radical (unpaired) electrons. The topological polar surface area (TPSA) is 52.6 Å². The van der Waals surface area contributed by atoms with Crippen LogP contribution in [0.1, 0.15) is 11.3 Å². The quantitative estimate of drug-likeness (QED) is 0.931. The number of rotatable bonds is 3. The van der Waals surface area contributed by atoms with E-state index in [1.165, 1.54) is 0 Å². The number of benzene rings is 1. The standard InChI is InChI=1S/C15H18N2O3/c1-16-14-9-8-20-7-6-10(9)17-15-12(19-3)5-4-11(18-2)13(14)15/h4-5H,6-8H2,1-3H3,(H,16,17). The van der Waals surface area contributed by atoms with E-state index in [0.29, 0.717) is 13.2 Å². The lowest BCUT2D eigenvalue weighted by atomic mass is 10.0. The fourth-order valence-electron chi connectivity index (χ4n) is 2.72. The van der Waals surface area contributed by atoms with E-state index in [1.54, 1.807) is 14.2 Å². The highest BCUT2D eigenvalue weighted by Crippen LogP contribution is 2.40. The van der Waals surface area contributed by atoms with Gasteiger partial charge in [-0.3, -0.25) is 0 Å². The van der Waals surface area contributed by atoms with E-state index >= 15 is 0 Å². The van der Waals surface area contributed by atoms with Crippen LogP contribution in [0.15, 0.2) is 12.1 Å². The zero-order chi connectivity index (χ0) is 14.1. The average molecular weight is 274 g/mol. The maximum Gasteiger partial charge on any atom is 0.145 e. The summed E-state index contributed by atoms with van der Waals surface area (Å²) < 4.78 is 16.5. The maximum absolute atomic E-state index is 5.57. The highest BCUT2D eigenvalue weighted by molar-refractivity contribution is 6.01. The summed E-state index contributed by atoms with van der Waals surface area (Å²) in [6.07, 6.45) is 0.820. The van der Waals surface area contributed by atoms with Gasteiger partial charge in [-0.25, -0.2) is 4.98 Å². The molecule has 5 nitrogen and oxygen atoms in total. The summed E-state index contributed by atoms with van der Waals surface area (Å²) in [7, 11) is 5.23. The minimum Gasteiger partial charge on any atom is -0.496 e. The first-order chi connectivity index (χ1) is 9.80. The molecular weight excluding hydrogens is 256 g/mol. The summed E-state index contributed by atoms with van der Waals surface area (Å²) in [6.45, 7) is 1.29. The molecule has 0 spiro atoms. The predicted molar refractivity (Wildman–Crippen MR) is 77.8 cm³/mol. The number of aromatic nitrogens is 1. The fourth-order valence-corrected chi connectivity index (χ4v) is 2.72. The Morgan fingerprint density at radius 3 is 2.65 bits per heavy atom. The zero-order valence-electron chi connectivity index (χ0n) is 11.9. The van der Waals surface area contributed by atoms with E-state index in [0.717, 1.165) is 45.8 Å². The molecule has 1 aromatic carbocycles. The molecule has 106 valence electrons. The lowest BCUT2D eigenvalue weighted by Gasteiger charge is -2.22. The molecule has 5 heteroatoms. The van der Waals surface area contributed by atoms with Gasteiger partial charge in [-0.2, -0.15) is 0 Å². The SMILES string of the molecule is CNc1c2c(nc3c(OC)ccc(OC)c13)CCOC2. The average Bonchev–Trinajstić information content (AvgIpc) is 2.51. The zero-order valence-corrected chi connectivity index (χ0v) is 11.9. The first-order valence-electron chi connectivity index (χ1n) is 6.62. The van der Waals surface area contributed by atoms with Gasteiger partial charge in [-0.15, -0.1) is 0 Å². The maximum atomic E-state index is 5.57. The smallest absolute Gasteiger partial charge is 0.145 e. The molecule has 2 heterocycles. The molecule has 0 aliphatic carbocycles. The molecule has 0 saturated heterocycles. The van der Waals surface area contributed by atoms with Gasteiger partial charge in [0.2, 0.25) is 0 Å². The van der Waals surface area contributed by atoms with Crippen LogP contribution in [0, 0.1) is 0 Å². The molecule has 0 amide bonds. The highest BCUT2D eigenvalue weighted by Gasteiger charge is 2.22. The molecule has 1 N–H and O–H groups in total. The number of nitrogens with zero attached hydrogens (tertiary/aromatic N) is 1. The molecule has 1 aliphatic rings. The summed E-state index contributed by atoms with van der Waals surface area (Å²) in [5, 5.41) is 4.21. The molecular formula is C15H18N2O3. The Morgan fingerprint density at radius 1 is 1.20 bits per heavy atom. The monoisotopic (exact) mass is 274 g/mol. The van der Waals surface area contributed by atoms with E-state index < -0.39 is 0 Å². The Hall–Kier alpha value is -2.01. The molecule has 0 unspecified atom stereocenters. The molecule has 0 fully saturated rings. The summed E-state index contributed by atoms with van der Waals surface area (Å²) in [5.41, 5.74) is 4.02. The van der Waals surface area contributed by atoms with Crippen LogP contribution in [0.3, 0.4) is 0 Å². The summed E-state index contributed by atoms with van der Waals surface area (Å²) >= 11 is 0. The van der Waals surface area contributed by atoms with Crippen LogP contribution < -0.4 is 14.8 Å². The van der Waals surface area contributed by atoms with Gasteiger partial charge >= 0.3 is 0 Å².